The highest BCUT2D eigenvalue weighted by atomic mass is 79.9. The number of fused-ring (bicyclic) bond motifs is 1. The highest BCUT2D eigenvalue weighted by Crippen LogP contribution is 2.27. The number of hydrogen-bond donors (Lipinski definition) is 3. The van der Waals surface area contributed by atoms with Gasteiger partial charge in [0.05, 0.1) is 21.8 Å². The van der Waals surface area contributed by atoms with Crippen molar-refractivity contribution in [2.45, 2.75) is 72.2 Å². The smallest absolute Gasteiger partial charge is 0.336 e. The third-order valence-electron chi connectivity index (χ3n) is 5.84. The van der Waals surface area contributed by atoms with Crippen molar-refractivity contribution < 1.29 is 14.7 Å². The fourth-order valence-corrected chi connectivity index (χ4v) is 5.43. The van der Waals surface area contributed by atoms with Crippen LogP contribution in [0.1, 0.15) is 73.4 Å². The molecule has 0 saturated heterocycles. The van der Waals surface area contributed by atoms with Crippen molar-refractivity contribution in [2.75, 3.05) is 0 Å². The van der Waals surface area contributed by atoms with Crippen LogP contribution in [0.3, 0.4) is 0 Å². The lowest BCUT2D eigenvalue weighted by atomic mass is 9.90. The van der Waals surface area contributed by atoms with Crippen molar-refractivity contribution in [3.63, 3.8) is 0 Å². The third kappa shape index (κ3) is 6.88. The lowest BCUT2D eigenvalue weighted by Crippen LogP contribution is -2.33. The Labute approximate surface area is 221 Å². The van der Waals surface area contributed by atoms with Crippen molar-refractivity contribution >= 4 is 51.5 Å². The minimum absolute atomic E-state index is 0.0269. The molecule has 35 heavy (non-hydrogen) atoms. The van der Waals surface area contributed by atoms with E-state index in [0.29, 0.717) is 24.0 Å². The molecule has 188 valence electrons. The largest absolute Gasteiger partial charge is 0.478 e. The number of nitrogens with one attached hydrogen (secondary N) is 1. The molecule has 2 aromatic carbocycles. The first-order valence-electron chi connectivity index (χ1n) is 11.9. The lowest BCUT2D eigenvalue weighted by Gasteiger charge is -2.22. The molecule has 6 nitrogen and oxygen atoms in total. The highest BCUT2D eigenvalue weighted by Gasteiger charge is 2.22. The van der Waals surface area contributed by atoms with E-state index in [1.807, 2.05) is 19.1 Å². The number of benzene rings is 2. The van der Waals surface area contributed by atoms with Gasteiger partial charge in [-0.2, -0.15) is 12.6 Å². The molecule has 0 saturated carbocycles. The Morgan fingerprint density at radius 3 is 2.51 bits per heavy atom. The second-order valence-electron chi connectivity index (χ2n) is 10.3. The van der Waals surface area contributed by atoms with E-state index in [1.54, 1.807) is 6.07 Å². The molecule has 2 N–H and O–H groups in total. The monoisotopic (exact) mass is 559 g/mol. The Balaban J connectivity index is 1.91. The van der Waals surface area contributed by atoms with Crippen LogP contribution < -0.4 is 5.32 Å². The summed E-state index contributed by atoms with van der Waals surface area (Å²) in [4.78, 5) is 28.9. The molecule has 1 amide bonds. The van der Waals surface area contributed by atoms with Gasteiger partial charge < -0.3 is 15.0 Å². The molecule has 3 aromatic rings. The summed E-state index contributed by atoms with van der Waals surface area (Å²) in [6.45, 7) is 11.5. The van der Waals surface area contributed by atoms with Crippen LogP contribution >= 0.6 is 28.6 Å². The summed E-state index contributed by atoms with van der Waals surface area (Å²) in [5, 5.41) is 12.0. The van der Waals surface area contributed by atoms with Crippen molar-refractivity contribution in [1.82, 2.24) is 14.9 Å². The van der Waals surface area contributed by atoms with Gasteiger partial charge in [-0.25, -0.2) is 9.78 Å². The molecular formula is C27H34BrN3O3S. The summed E-state index contributed by atoms with van der Waals surface area (Å²) in [7, 11) is 0. The van der Waals surface area contributed by atoms with E-state index in [0.717, 1.165) is 46.4 Å². The zero-order valence-corrected chi connectivity index (χ0v) is 23.5. The van der Waals surface area contributed by atoms with Gasteiger partial charge in [0.2, 0.25) is 5.91 Å². The Hall–Kier alpha value is -2.32. The normalized spacial score (nSPS) is 12.7. The zero-order chi connectivity index (χ0) is 25.9. The molecule has 0 radical (unpaired) electrons. The van der Waals surface area contributed by atoms with Crippen LogP contribution in [-0.2, 0) is 24.3 Å². The van der Waals surface area contributed by atoms with Crippen molar-refractivity contribution in [3.05, 3.63) is 62.9 Å². The lowest BCUT2D eigenvalue weighted by molar-refractivity contribution is -0.121. The van der Waals surface area contributed by atoms with Crippen molar-refractivity contribution in [3.8, 4) is 0 Å². The predicted molar refractivity (Wildman–Crippen MR) is 147 cm³/mol. The van der Waals surface area contributed by atoms with E-state index in [-0.39, 0.29) is 22.1 Å². The van der Waals surface area contributed by atoms with E-state index in [2.05, 4.69) is 78.3 Å². The van der Waals surface area contributed by atoms with Crippen LogP contribution in [0.5, 0.6) is 0 Å². The molecule has 0 bridgehead atoms. The maximum atomic E-state index is 12.6. The molecule has 0 spiro atoms. The number of amides is 1. The number of carbonyl (C=O) groups excluding carboxylic acids is 1. The predicted octanol–water partition coefficient (Wildman–Crippen LogP) is 6.16. The molecule has 0 aliphatic heterocycles. The minimum atomic E-state index is -0.962. The maximum absolute atomic E-state index is 12.6. The number of nitrogens with zero attached hydrogens (tertiary/aromatic N) is 2. The molecule has 0 aliphatic carbocycles. The molecule has 0 unspecified atom stereocenters. The van der Waals surface area contributed by atoms with Crippen LogP contribution in [-0.4, -0.2) is 31.8 Å². The molecule has 3 rings (SSSR count). The average Bonchev–Trinajstić information content (AvgIpc) is 3.08. The number of hydrogen-bond acceptors (Lipinski definition) is 4. The van der Waals surface area contributed by atoms with Gasteiger partial charge in [0.1, 0.15) is 5.82 Å². The van der Waals surface area contributed by atoms with Crippen LogP contribution in [0.15, 0.2) is 34.8 Å². The molecule has 0 fully saturated rings. The van der Waals surface area contributed by atoms with Crippen molar-refractivity contribution in [2.24, 2.45) is 5.41 Å². The number of aromatic carboxylic acids is 1. The average molecular weight is 561 g/mol. The Morgan fingerprint density at radius 2 is 1.91 bits per heavy atom. The van der Waals surface area contributed by atoms with Crippen LogP contribution in [0.25, 0.3) is 11.0 Å². The number of carboxylic acids is 1. The quantitative estimate of drug-likeness (QED) is 0.274. The molecule has 1 aromatic heterocycles. The fourth-order valence-electron chi connectivity index (χ4n) is 4.20. The fraction of sp³-hybridized carbons (Fsp3) is 0.444. The number of imidazole rings is 1. The van der Waals surface area contributed by atoms with Gasteiger partial charge in [0, 0.05) is 24.0 Å². The van der Waals surface area contributed by atoms with E-state index >= 15 is 0 Å². The number of halogens is 1. The third-order valence-corrected chi connectivity index (χ3v) is 6.91. The topological polar surface area (TPSA) is 84.2 Å². The summed E-state index contributed by atoms with van der Waals surface area (Å²) in [6.07, 6.45) is 2.50. The first kappa shape index (κ1) is 27.3. The van der Waals surface area contributed by atoms with Crippen LogP contribution in [0.2, 0.25) is 0 Å². The minimum Gasteiger partial charge on any atom is -0.478 e. The molecule has 1 atom stereocenters. The standard InChI is InChI=1S/C27H34BrN3O3S/c1-6-7-23-30-24-16(2)10-18(14-29-25(32)22(35)13-27(3,4)5)12-21(24)31(23)15-17-8-9-19(26(33)34)20(28)11-17/h8-12,22,35H,6-7,13-15H2,1-5H3,(H,29,32)(H,33,34)/t22-/m0/s1. The van der Waals surface area contributed by atoms with Crippen LogP contribution in [0.4, 0.5) is 0 Å². The van der Waals surface area contributed by atoms with Gasteiger partial charge >= 0.3 is 5.97 Å². The number of aryl methyl sites for hydroxylation is 2. The molecule has 1 heterocycles. The second kappa shape index (κ2) is 11.2. The van der Waals surface area contributed by atoms with Crippen molar-refractivity contribution in [1.29, 1.82) is 0 Å². The van der Waals surface area contributed by atoms with Gasteiger partial charge in [-0.15, -0.1) is 0 Å². The highest BCUT2D eigenvalue weighted by molar-refractivity contribution is 9.10. The number of carbonyl (C=O) groups is 2. The van der Waals surface area contributed by atoms with E-state index in [9.17, 15) is 14.7 Å². The van der Waals surface area contributed by atoms with E-state index < -0.39 is 5.97 Å². The number of rotatable bonds is 9. The number of thiol groups is 1. The number of carboxylic acid groups (broad SMARTS) is 1. The molecule has 8 heteroatoms. The molecule has 0 aliphatic rings. The zero-order valence-electron chi connectivity index (χ0n) is 21.0. The summed E-state index contributed by atoms with van der Waals surface area (Å²) < 4.78 is 2.75. The second-order valence-corrected chi connectivity index (χ2v) is 11.7. The summed E-state index contributed by atoms with van der Waals surface area (Å²) in [5.41, 5.74) is 5.27. The summed E-state index contributed by atoms with van der Waals surface area (Å²) in [5.74, 6) is -0.0354. The van der Waals surface area contributed by atoms with Gasteiger partial charge in [0.15, 0.2) is 0 Å². The summed E-state index contributed by atoms with van der Waals surface area (Å²) in [6, 6.07) is 9.48. The molecular weight excluding hydrogens is 526 g/mol. The Morgan fingerprint density at radius 1 is 1.20 bits per heavy atom. The SMILES string of the molecule is CCCc1nc2c(C)cc(CNC(=O)[C@@H](S)CC(C)(C)C)cc2n1Cc1ccc(C(=O)O)c(Br)c1. The van der Waals surface area contributed by atoms with E-state index in [4.69, 9.17) is 4.98 Å². The van der Waals surface area contributed by atoms with Gasteiger partial charge in [-0.1, -0.05) is 39.8 Å². The summed E-state index contributed by atoms with van der Waals surface area (Å²) >= 11 is 7.89. The Bertz CT molecular complexity index is 1250. The van der Waals surface area contributed by atoms with Crippen LogP contribution in [0, 0.1) is 12.3 Å². The van der Waals surface area contributed by atoms with Gasteiger partial charge in [-0.3, -0.25) is 4.79 Å². The first-order chi connectivity index (χ1) is 16.4. The number of aromatic nitrogens is 2. The first-order valence-corrected chi connectivity index (χ1v) is 13.2. The maximum Gasteiger partial charge on any atom is 0.336 e. The van der Waals surface area contributed by atoms with Gasteiger partial charge in [-0.05, 0) is 76.0 Å². The Kier molecular flexibility index (Phi) is 8.70. The van der Waals surface area contributed by atoms with Gasteiger partial charge in [0.25, 0.3) is 0 Å². The van der Waals surface area contributed by atoms with E-state index in [1.165, 1.54) is 0 Å².